The molecule has 0 unspecified atom stereocenters. The third-order valence-electron chi connectivity index (χ3n) is 0. The first kappa shape index (κ1) is 10.2. The average Bonchev–Trinajstić information content (AvgIpc) is 0.722. The smallest absolute Gasteiger partial charge is 0.239 e. The van der Waals surface area contributed by atoms with Crippen LogP contribution >= 0.6 is 17.9 Å². The van der Waals surface area contributed by atoms with Crippen LogP contribution < -0.4 is 0 Å². The highest BCUT2D eigenvalue weighted by Gasteiger charge is 1.90. The first-order chi connectivity index (χ1) is 2.00. The second-order valence-corrected chi connectivity index (χ2v) is 5.55. The molecule has 0 bridgehead atoms. The molecule has 6 heavy (non-hydrogen) atoms. The van der Waals surface area contributed by atoms with Gasteiger partial charge in [0.2, 0.25) is 5.69 Å². The maximum absolute atomic E-state index is 7.87. The van der Waals surface area contributed by atoms with Gasteiger partial charge in [-0.3, -0.25) is 0 Å². The fraction of sp³-hybridized carbons (Fsp3) is 0. The van der Waals surface area contributed by atoms with Crippen LogP contribution in [0.25, 0.3) is 0 Å². The third kappa shape index (κ3) is 68.0. The minimum absolute atomic E-state index is 0. The van der Waals surface area contributed by atoms with E-state index in [1.165, 1.54) is 0 Å². The van der Waals surface area contributed by atoms with Crippen molar-refractivity contribution in [3.05, 3.63) is 0 Å². The van der Waals surface area contributed by atoms with Crippen molar-refractivity contribution in [1.82, 2.24) is 0 Å². The van der Waals surface area contributed by atoms with Gasteiger partial charge in [0, 0.05) is 0 Å². The summed E-state index contributed by atoms with van der Waals surface area (Å²) in [5, 5.41) is 0. The summed E-state index contributed by atoms with van der Waals surface area (Å²) in [6.07, 6.45) is 0. The third-order valence-corrected chi connectivity index (χ3v) is 0. The Balaban J connectivity index is 0. The molecule has 40 valence electrons. The Morgan fingerprint density at radius 1 is 1.50 bits per heavy atom. The van der Waals surface area contributed by atoms with E-state index in [1.807, 2.05) is 0 Å². The van der Waals surface area contributed by atoms with E-state index >= 15 is 0 Å². The second kappa shape index (κ2) is 3.18. The van der Waals surface area contributed by atoms with Gasteiger partial charge in [-0.05, 0) is 22.8 Å². The Bertz CT molecular complexity index is 57.7. The van der Waals surface area contributed by atoms with Crippen LogP contribution in [0.4, 0.5) is 0 Å². The zero-order valence-electron chi connectivity index (χ0n) is 2.20. The normalized spacial score (nSPS) is 9.83. The lowest BCUT2D eigenvalue weighted by Gasteiger charge is -1.88. The quantitative estimate of drug-likeness (QED) is 0.235. The van der Waals surface area contributed by atoms with Crippen LogP contribution in [0.15, 0.2) is 0 Å². The van der Waals surface area contributed by atoms with Gasteiger partial charge in [-0.2, -0.15) is 0 Å². The fourth-order valence-electron chi connectivity index (χ4n) is 0. The molecule has 0 rings (SSSR count). The van der Waals surface area contributed by atoms with Crippen molar-refractivity contribution in [2.45, 2.75) is 0 Å². The van der Waals surface area contributed by atoms with Crippen molar-refractivity contribution in [2.75, 3.05) is 0 Å². The van der Waals surface area contributed by atoms with E-state index in [2.05, 4.69) is 24.1 Å². The number of hydrogen-bond donors (Lipinski definition) is 3. The number of rotatable bonds is 0. The van der Waals surface area contributed by atoms with Gasteiger partial charge >= 0.3 is 0 Å². The van der Waals surface area contributed by atoms with Crippen molar-refractivity contribution in [2.24, 2.45) is 0 Å². The highest BCUT2D eigenvalue weighted by Crippen LogP contribution is 2.39. The molecule has 0 aromatic rings. The Morgan fingerprint density at radius 3 is 1.50 bits per heavy atom. The van der Waals surface area contributed by atoms with E-state index < -0.39 is 5.69 Å². The van der Waals surface area contributed by atoms with Gasteiger partial charge in [0.25, 0.3) is 0 Å². The van der Waals surface area contributed by atoms with Crippen LogP contribution in [0.5, 0.6) is 0 Å². The molecular weight excluding hydrogens is 155 g/mol. The van der Waals surface area contributed by atoms with Gasteiger partial charge in [-0.15, -0.1) is 0 Å². The lowest BCUT2D eigenvalue weighted by molar-refractivity contribution is 0.503. The molecule has 0 saturated carbocycles. The summed E-state index contributed by atoms with van der Waals surface area (Å²) in [6, 6.07) is 0. The molecule has 0 aromatic carbocycles. The minimum atomic E-state index is -3.11. The lowest BCUT2D eigenvalue weighted by atomic mass is 15.9. The predicted molar refractivity (Wildman–Crippen MR) is 39.0 cm³/mol. The molecule has 0 radical (unpaired) electrons. The predicted octanol–water partition coefficient (Wildman–Crippen LogP) is -1.33. The van der Waals surface area contributed by atoms with Crippen LogP contribution in [0.3, 0.4) is 0 Å². The Kier molecular flexibility index (Phi) is 5.40. The molecule has 0 fully saturated rings. The van der Waals surface area contributed by atoms with Gasteiger partial charge < -0.3 is 9.79 Å². The molecule has 0 saturated heterocycles. The highest BCUT2D eigenvalue weighted by molar-refractivity contribution is 8.59. The molecule has 0 aliphatic carbocycles. The van der Waals surface area contributed by atoms with Crippen molar-refractivity contribution in [3.8, 4) is 0 Å². The van der Waals surface area contributed by atoms with E-state index in [0.717, 1.165) is 0 Å². The molecule has 0 heterocycles. The van der Waals surface area contributed by atoms with Crippen LogP contribution in [-0.4, -0.2) is 20.8 Å². The molecule has 6 heteroatoms. The van der Waals surface area contributed by atoms with E-state index in [4.69, 9.17) is 9.79 Å². The molecule has 0 atom stereocenters. The van der Waals surface area contributed by atoms with Gasteiger partial charge in [0.1, 0.15) is 0 Å². The Morgan fingerprint density at radius 2 is 1.50 bits per heavy atom. The molecule has 2 nitrogen and oxygen atoms in total. The number of hydrogen-bond acceptors (Lipinski definition) is 1. The van der Waals surface area contributed by atoms with Crippen LogP contribution in [-0.2, 0) is 11.8 Å². The summed E-state index contributed by atoms with van der Waals surface area (Å²) in [7, 11) is 0. The van der Waals surface area contributed by atoms with E-state index in [0.29, 0.717) is 0 Å². The molecule has 0 aromatic heterocycles. The zero-order valence-corrected chi connectivity index (χ0v) is 4.80. The summed E-state index contributed by atoms with van der Waals surface area (Å²) < 4.78 is 0. The minimum Gasteiger partial charge on any atom is -0.338 e. The summed E-state index contributed by atoms with van der Waals surface area (Å²) in [5.41, 5.74) is -3.11. The average molecular weight is 162 g/mol. The van der Waals surface area contributed by atoms with E-state index in [9.17, 15) is 0 Å². The van der Waals surface area contributed by atoms with Crippen LogP contribution in [0.1, 0.15) is 0 Å². The van der Waals surface area contributed by atoms with Crippen molar-refractivity contribution < 1.29 is 9.79 Å². The van der Waals surface area contributed by atoms with Crippen molar-refractivity contribution in [1.29, 1.82) is 0 Å². The monoisotopic (exact) mass is 162 g/mol. The SMILES string of the molecule is OP(O)(=S)S.[SiH4]. The molecule has 0 spiro atoms. The maximum atomic E-state index is 7.87. The van der Waals surface area contributed by atoms with Gasteiger partial charge in [-0.1, -0.05) is 12.2 Å². The summed E-state index contributed by atoms with van der Waals surface area (Å²) >= 11 is 7.07. The summed E-state index contributed by atoms with van der Waals surface area (Å²) in [6.45, 7) is 0. The summed E-state index contributed by atoms with van der Waals surface area (Å²) in [4.78, 5) is 15.7. The standard InChI is InChI=1S/H3O2PS2.H4Si/c1-3(2,4)5;/h(H3,1,2,4,5);1H4. The topological polar surface area (TPSA) is 40.5 Å². The molecule has 0 aliphatic heterocycles. The Hall–Kier alpha value is 1.14. The first-order valence-electron chi connectivity index (χ1n) is 0.783. The molecule has 0 amide bonds. The van der Waals surface area contributed by atoms with E-state index in [1.54, 1.807) is 0 Å². The second-order valence-electron chi connectivity index (χ2n) is 0.513. The van der Waals surface area contributed by atoms with Gasteiger partial charge in [0.15, 0.2) is 0 Å². The maximum Gasteiger partial charge on any atom is 0.239 e. The molecular formula is H7O2PS2Si. The summed E-state index contributed by atoms with van der Waals surface area (Å²) in [5.74, 6) is 0. The van der Waals surface area contributed by atoms with Crippen molar-refractivity contribution in [3.63, 3.8) is 0 Å². The first-order valence-corrected chi connectivity index (χ1v) is 4.64. The highest BCUT2D eigenvalue weighted by atomic mass is 32.9. The Labute approximate surface area is 50.9 Å². The molecule has 2 N–H and O–H groups in total. The van der Waals surface area contributed by atoms with Crippen molar-refractivity contribution >= 4 is 40.7 Å². The van der Waals surface area contributed by atoms with Gasteiger partial charge in [-0.25, -0.2) is 0 Å². The van der Waals surface area contributed by atoms with Crippen LogP contribution in [0.2, 0.25) is 0 Å². The van der Waals surface area contributed by atoms with E-state index in [-0.39, 0.29) is 11.0 Å². The largest absolute Gasteiger partial charge is 0.338 e. The lowest BCUT2D eigenvalue weighted by Crippen LogP contribution is -1.53. The van der Waals surface area contributed by atoms with Gasteiger partial charge in [0.05, 0.1) is 0 Å². The number of thiol groups is 1. The van der Waals surface area contributed by atoms with Crippen LogP contribution in [0, 0.1) is 0 Å². The fourth-order valence-corrected chi connectivity index (χ4v) is 0. The molecule has 0 aliphatic rings. The zero-order chi connectivity index (χ0) is 4.50.